The van der Waals surface area contributed by atoms with Crippen molar-refractivity contribution in [2.45, 2.75) is 72.4 Å². The summed E-state index contributed by atoms with van der Waals surface area (Å²) in [6.07, 6.45) is 5.30. The van der Waals surface area contributed by atoms with Crippen molar-refractivity contribution < 1.29 is 31.4 Å². The van der Waals surface area contributed by atoms with Crippen LogP contribution in [-0.4, -0.2) is 25.7 Å². The Kier molecular flexibility index (Phi) is 11.5. The Bertz CT molecular complexity index is 1460. The van der Waals surface area contributed by atoms with Crippen molar-refractivity contribution in [1.82, 2.24) is 19.3 Å². The number of hydrogen-bond acceptors (Lipinski definition) is 4. The molecule has 0 spiro atoms. The van der Waals surface area contributed by atoms with Gasteiger partial charge in [-0.15, -0.1) is 13.2 Å². The van der Waals surface area contributed by atoms with Gasteiger partial charge in [0.15, 0.2) is 11.6 Å². The fourth-order valence-electron chi connectivity index (χ4n) is 4.62. The number of ether oxygens (including phenoxy) is 2. The molecule has 2 heterocycles. The summed E-state index contributed by atoms with van der Waals surface area (Å²) in [5, 5.41) is 4.15. The smallest absolute Gasteiger partial charge is 0.484 e. The van der Waals surface area contributed by atoms with Crippen LogP contribution in [0.4, 0.5) is 22.0 Å². The first-order valence-corrected chi connectivity index (χ1v) is 13.9. The first kappa shape index (κ1) is 32.6. The second-order valence-corrected chi connectivity index (χ2v) is 9.90. The number of halogens is 5. The minimum Gasteiger partial charge on any atom is -0.484 e. The molecule has 0 unspecified atom stereocenters. The predicted molar refractivity (Wildman–Crippen MR) is 152 cm³/mol. The Labute approximate surface area is 242 Å². The van der Waals surface area contributed by atoms with Crippen LogP contribution in [0.25, 0.3) is 11.0 Å². The molecule has 0 aliphatic heterocycles. The van der Waals surface area contributed by atoms with Crippen LogP contribution in [0.2, 0.25) is 0 Å². The zero-order valence-electron chi connectivity index (χ0n) is 24.3. The normalized spacial score (nSPS) is 13.5. The van der Waals surface area contributed by atoms with Crippen LogP contribution in [0.1, 0.15) is 64.1 Å². The van der Waals surface area contributed by atoms with Gasteiger partial charge < -0.3 is 14.0 Å². The number of benzene rings is 2. The molecule has 1 aliphatic rings. The second-order valence-electron chi connectivity index (χ2n) is 9.90. The van der Waals surface area contributed by atoms with Gasteiger partial charge in [0.05, 0.1) is 29.6 Å². The lowest BCUT2D eigenvalue weighted by Crippen LogP contribution is -2.17. The van der Waals surface area contributed by atoms with Crippen molar-refractivity contribution in [1.29, 1.82) is 0 Å². The number of hydrogen-bond donors (Lipinski definition) is 0. The number of aryl methyl sites for hydroxylation is 1. The fraction of sp³-hybridized carbons (Fsp3) is 0.419. The van der Waals surface area contributed by atoms with E-state index in [9.17, 15) is 22.0 Å². The van der Waals surface area contributed by atoms with E-state index in [1.165, 1.54) is 66.8 Å². The number of imidazole rings is 1. The number of fused-ring (bicyclic) bond motifs is 1. The number of nitrogens with zero attached hydrogens (tertiary/aromatic N) is 4. The van der Waals surface area contributed by atoms with Gasteiger partial charge in [-0.25, -0.2) is 13.8 Å². The van der Waals surface area contributed by atoms with E-state index in [-0.39, 0.29) is 24.5 Å². The highest BCUT2D eigenvalue weighted by molar-refractivity contribution is 5.77. The van der Waals surface area contributed by atoms with E-state index in [1.54, 1.807) is 24.0 Å². The second kappa shape index (κ2) is 14.8. The molecule has 6 nitrogen and oxygen atoms in total. The standard InChI is InChI=1S/C20H15F5N4O2.C9H16.C2H6/c1-28-5-4-13(27-28)10-30-19-8-18-17(7-16(19)22)26-11-29(18)9-12-2-3-14(6-15(12)21)31-20(23,24)25;1-8(2)9-6-4-3-5-7-9;1-2/h2-8,11H,9-10H2,1H3;9H,1,3-7H2,2H3;1-2H3. The molecule has 42 heavy (non-hydrogen) atoms. The van der Waals surface area contributed by atoms with E-state index in [0.29, 0.717) is 22.8 Å². The molecule has 5 rings (SSSR count). The third-order valence-corrected chi connectivity index (χ3v) is 6.72. The molecule has 0 radical (unpaired) electrons. The van der Waals surface area contributed by atoms with Crippen molar-refractivity contribution in [2.75, 3.05) is 0 Å². The van der Waals surface area contributed by atoms with Crippen molar-refractivity contribution in [3.05, 3.63) is 84.0 Å². The van der Waals surface area contributed by atoms with Gasteiger partial charge in [-0.05, 0) is 37.8 Å². The van der Waals surface area contributed by atoms with Gasteiger partial charge in [-0.3, -0.25) is 4.68 Å². The molecule has 2 aromatic heterocycles. The molecule has 2 aromatic carbocycles. The molecule has 1 saturated carbocycles. The fourth-order valence-corrected chi connectivity index (χ4v) is 4.62. The van der Waals surface area contributed by atoms with Crippen LogP contribution in [0.3, 0.4) is 0 Å². The highest BCUT2D eigenvalue weighted by Crippen LogP contribution is 2.29. The maximum Gasteiger partial charge on any atom is 0.573 e. The van der Waals surface area contributed by atoms with Gasteiger partial charge in [0.25, 0.3) is 0 Å². The average molecular weight is 593 g/mol. The highest BCUT2D eigenvalue weighted by atomic mass is 19.4. The maximum absolute atomic E-state index is 14.3. The Morgan fingerprint density at radius 3 is 2.31 bits per heavy atom. The molecule has 0 N–H and O–H groups in total. The van der Waals surface area contributed by atoms with Crippen LogP contribution in [-0.2, 0) is 20.2 Å². The van der Waals surface area contributed by atoms with Crippen molar-refractivity contribution in [3.8, 4) is 11.5 Å². The summed E-state index contributed by atoms with van der Waals surface area (Å²) in [7, 11) is 1.75. The highest BCUT2D eigenvalue weighted by Gasteiger charge is 2.31. The molecule has 0 atom stereocenters. The molecular formula is C31H37F5N4O2. The van der Waals surface area contributed by atoms with Gasteiger partial charge >= 0.3 is 6.36 Å². The minimum atomic E-state index is -4.91. The minimum absolute atomic E-state index is 0.0331. The van der Waals surface area contributed by atoms with E-state index in [2.05, 4.69) is 28.3 Å². The van der Waals surface area contributed by atoms with Crippen LogP contribution in [0.15, 0.2) is 61.1 Å². The third kappa shape index (κ3) is 9.32. The third-order valence-electron chi connectivity index (χ3n) is 6.72. The Hall–Kier alpha value is -3.89. The van der Waals surface area contributed by atoms with Crippen LogP contribution in [0.5, 0.6) is 11.5 Å². The molecule has 228 valence electrons. The largest absolute Gasteiger partial charge is 0.573 e. The topological polar surface area (TPSA) is 54.1 Å². The first-order chi connectivity index (χ1) is 20.0. The SMILES string of the molecule is C=C(C)C1CCCCC1.CC.Cn1ccc(COc2cc3c(cc2F)ncn3Cc2ccc(OC(F)(F)F)cc2F)n1. The molecular weight excluding hydrogens is 555 g/mol. The number of allylic oxidation sites excluding steroid dienone is 1. The number of alkyl halides is 3. The van der Waals surface area contributed by atoms with E-state index in [4.69, 9.17) is 4.74 Å². The molecule has 0 bridgehead atoms. The van der Waals surface area contributed by atoms with Crippen molar-refractivity contribution >= 4 is 11.0 Å². The average Bonchev–Trinajstić information content (AvgIpc) is 3.55. The zero-order chi connectivity index (χ0) is 30.9. The van der Waals surface area contributed by atoms with E-state index in [0.717, 1.165) is 12.0 Å². The number of aromatic nitrogens is 4. The maximum atomic E-state index is 14.3. The molecule has 1 fully saturated rings. The van der Waals surface area contributed by atoms with Gasteiger partial charge in [0.1, 0.15) is 18.2 Å². The molecule has 4 aromatic rings. The summed E-state index contributed by atoms with van der Waals surface area (Å²) in [4.78, 5) is 4.09. The summed E-state index contributed by atoms with van der Waals surface area (Å²) < 4.78 is 77.9. The van der Waals surface area contributed by atoms with Gasteiger partial charge in [-0.1, -0.05) is 51.3 Å². The van der Waals surface area contributed by atoms with E-state index >= 15 is 0 Å². The van der Waals surface area contributed by atoms with E-state index < -0.39 is 23.7 Å². The summed E-state index contributed by atoms with van der Waals surface area (Å²) in [6.45, 7) is 10.1. The lowest BCUT2D eigenvalue weighted by Gasteiger charge is -2.21. The molecule has 1 aliphatic carbocycles. The summed E-state index contributed by atoms with van der Waals surface area (Å²) in [5.41, 5.74) is 2.90. The summed E-state index contributed by atoms with van der Waals surface area (Å²) >= 11 is 0. The summed E-state index contributed by atoms with van der Waals surface area (Å²) in [5.74, 6) is -1.32. The zero-order valence-corrected chi connectivity index (χ0v) is 24.3. The first-order valence-electron chi connectivity index (χ1n) is 13.9. The van der Waals surface area contributed by atoms with Gasteiger partial charge in [-0.2, -0.15) is 5.10 Å². The number of rotatable bonds is 7. The van der Waals surface area contributed by atoms with Crippen LogP contribution >= 0.6 is 0 Å². The monoisotopic (exact) mass is 592 g/mol. The van der Waals surface area contributed by atoms with Gasteiger partial charge in [0.2, 0.25) is 0 Å². The van der Waals surface area contributed by atoms with Crippen LogP contribution < -0.4 is 9.47 Å². The molecule has 0 amide bonds. The lowest BCUT2D eigenvalue weighted by molar-refractivity contribution is -0.274. The Balaban J connectivity index is 0.000000373. The van der Waals surface area contributed by atoms with E-state index in [1.807, 2.05) is 13.8 Å². The van der Waals surface area contributed by atoms with Crippen molar-refractivity contribution in [2.24, 2.45) is 13.0 Å². The predicted octanol–water partition coefficient (Wildman–Crippen LogP) is 8.74. The molecule has 11 heteroatoms. The lowest BCUT2D eigenvalue weighted by atomic mass is 9.85. The van der Waals surface area contributed by atoms with Crippen molar-refractivity contribution in [3.63, 3.8) is 0 Å². The summed E-state index contributed by atoms with van der Waals surface area (Å²) in [6, 6.07) is 7.21. The van der Waals surface area contributed by atoms with Crippen LogP contribution in [0, 0.1) is 17.6 Å². The van der Waals surface area contributed by atoms with Gasteiger partial charge in [0, 0.05) is 37.0 Å². The quantitative estimate of drug-likeness (QED) is 0.159. The Morgan fingerprint density at radius 2 is 1.74 bits per heavy atom. The Morgan fingerprint density at radius 1 is 1.02 bits per heavy atom. The molecule has 0 saturated heterocycles.